The van der Waals surface area contributed by atoms with E-state index in [1.54, 1.807) is 12.2 Å². The van der Waals surface area contributed by atoms with Crippen LogP contribution >= 0.6 is 11.8 Å². The minimum absolute atomic E-state index is 0.00700. The van der Waals surface area contributed by atoms with Gasteiger partial charge in [-0.05, 0) is 42.7 Å². The molecule has 162 valence electrons. The topological polar surface area (TPSA) is 71.4 Å². The number of imide groups is 1. The first-order valence-electron chi connectivity index (χ1n) is 10.8. The van der Waals surface area contributed by atoms with Crippen LogP contribution in [0.5, 0.6) is 0 Å². The van der Waals surface area contributed by atoms with Crippen molar-refractivity contribution in [2.24, 2.45) is 0 Å². The molecule has 6 nitrogen and oxygen atoms in total. The first-order chi connectivity index (χ1) is 15.0. The van der Waals surface area contributed by atoms with Gasteiger partial charge in [0.1, 0.15) is 6.54 Å². The standard InChI is InChI=1S/C24H27N3O3S/c1-3-12-27-23(29)20(31-24(27)30)13-17-14-26(15-21(28)25-18-9-5-6-10-18)22-16(4-2)8-7-11-19(17)22/h3,7-8,11,13-14,18H,1,4-6,9-10,12,15H2,2H3,(H,25,28)/b20-13-. The third-order valence-corrected chi connectivity index (χ3v) is 6.81. The minimum Gasteiger partial charge on any atom is -0.352 e. The van der Waals surface area contributed by atoms with Gasteiger partial charge in [0.15, 0.2) is 0 Å². The predicted octanol–water partition coefficient (Wildman–Crippen LogP) is 4.48. The molecule has 0 bridgehead atoms. The third-order valence-electron chi connectivity index (χ3n) is 5.90. The largest absolute Gasteiger partial charge is 0.352 e. The molecule has 2 fully saturated rings. The number of hydrogen-bond acceptors (Lipinski definition) is 4. The number of carbonyl (C=O) groups excluding carboxylic acids is 3. The number of hydrogen-bond donors (Lipinski definition) is 1. The molecule has 0 radical (unpaired) electrons. The van der Waals surface area contributed by atoms with Gasteiger partial charge in [0.05, 0.1) is 10.4 Å². The molecule has 2 heterocycles. The number of rotatable bonds is 7. The predicted molar refractivity (Wildman–Crippen MR) is 125 cm³/mol. The number of amides is 3. The maximum atomic E-state index is 12.7. The highest BCUT2D eigenvalue weighted by atomic mass is 32.2. The minimum atomic E-state index is -0.304. The van der Waals surface area contributed by atoms with Crippen molar-refractivity contribution in [1.29, 1.82) is 0 Å². The normalized spacial score (nSPS) is 18.5. The van der Waals surface area contributed by atoms with Crippen LogP contribution in [0.25, 0.3) is 17.0 Å². The highest BCUT2D eigenvalue weighted by molar-refractivity contribution is 8.18. The number of aromatic nitrogens is 1. The number of benzene rings is 1. The molecule has 2 aromatic rings. The number of fused-ring (bicyclic) bond motifs is 1. The molecule has 4 rings (SSSR count). The SMILES string of the molecule is C=CCN1C(=O)S/C(=C\c2cn(CC(=O)NC3CCCC3)c3c(CC)cccc23)C1=O. The van der Waals surface area contributed by atoms with E-state index in [2.05, 4.69) is 24.9 Å². The van der Waals surface area contributed by atoms with E-state index in [9.17, 15) is 14.4 Å². The highest BCUT2D eigenvalue weighted by Gasteiger charge is 2.34. The summed E-state index contributed by atoms with van der Waals surface area (Å²) in [4.78, 5) is 39.1. The second kappa shape index (κ2) is 9.14. The van der Waals surface area contributed by atoms with Crippen molar-refractivity contribution in [2.45, 2.75) is 51.6 Å². The van der Waals surface area contributed by atoms with Crippen LogP contribution in [-0.4, -0.2) is 39.1 Å². The fourth-order valence-electron chi connectivity index (χ4n) is 4.42. The fourth-order valence-corrected chi connectivity index (χ4v) is 5.26. The Balaban J connectivity index is 1.68. The molecule has 1 aliphatic carbocycles. The van der Waals surface area contributed by atoms with Crippen LogP contribution in [0.15, 0.2) is 42.0 Å². The lowest BCUT2D eigenvalue weighted by Gasteiger charge is -2.13. The summed E-state index contributed by atoms with van der Waals surface area (Å²) in [6, 6.07) is 6.33. The van der Waals surface area contributed by atoms with Gasteiger partial charge in [0.25, 0.3) is 11.1 Å². The molecule has 1 saturated heterocycles. The molecule has 1 N–H and O–H groups in total. The van der Waals surface area contributed by atoms with Crippen LogP contribution in [0.3, 0.4) is 0 Å². The van der Waals surface area contributed by atoms with Crippen LogP contribution in [0, 0.1) is 0 Å². The van der Waals surface area contributed by atoms with Crippen molar-refractivity contribution in [3.63, 3.8) is 0 Å². The molecule has 1 aromatic carbocycles. The Hall–Kier alpha value is -2.80. The maximum Gasteiger partial charge on any atom is 0.293 e. The van der Waals surface area contributed by atoms with Gasteiger partial charge in [-0.3, -0.25) is 19.3 Å². The summed E-state index contributed by atoms with van der Waals surface area (Å²) in [5.41, 5.74) is 2.98. The molecule has 2 aliphatic rings. The van der Waals surface area contributed by atoms with Gasteiger partial charge < -0.3 is 9.88 Å². The second-order valence-electron chi connectivity index (χ2n) is 8.01. The summed E-state index contributed by atoms with van der Waals surface area (Å²) in [7, 11) is 0. The van der Waals surface area contributed by atoms with E-state index in [1.165, 1.54) is 17.7 Å². The van der Waals surface area contributed by atoms with E-state index in [1.807, 2.05) is 22.9 Å². The monoisotopic (exact) mass is 437 g/mol. The third kappa shape index (κ3) is 4.32. The average molecular weight is 438 g/mol. The molecule has 7 heteroatoms. The van der Waals surface area contributed by atoms with E-state index >= 15 is 0 Å². The lowest BCUT2D eigenvalue weighted by molar-refractivity contribution is -0.123. The smallest absolute Gasteiger partial charge is 0.293 e. The van der Waals surface area contributed by atoms with Crippen LogP contribution in [-0.2, 0) is 22.6 Å². The molecular weight excluding hydrogens is 410 g/mol. The molecule has 31 heavy (non-hydrogen) atoms. The van der Waals surface area contributed by atoms with Crippen molar-refractivity contribution < 1.29 is 14.4 Å². The summed E-state index contributed by atoms with van der Waals surface area (Å²) in [5.74, 6) is -0.297. The number of thioether (sulfide) groups is 1. The zero-order chi connectivity index (χ0) is 22.0. The van der Waals surface area contributed by atoms with E-state index in [4.69, 9.17) is 0 Å². The Bertz CT molecular complexity index is 1080. The number of para-hydroxylation sites is 1. The number of nitrogens with zero attached hydrogens (tertiary/aromatic N) is 2. The Morgan fingerprint density at radius 2 is 2.06 bits per heavy atom. The van der Waals surface area contributed by atoms with Gasteiger partial charge in [-0.1, -0.05) is 44.0 Å². The van der Waals surface area contributed by atoms with Crippen molar-refractivity contribution in [1.82, 2.24) is 14.8 Å². The van der Waals surface area contributed by atoms with E-state index in [-0.39, 0.29) is 36.2 Å². The number of nitrogens with one attached hydrogen (secondary N) is 1. The van der Waals surface area contributed by atoms with E-state index in [0.29, 0.717) is 4.91 Å². The molecule has 1 aliphatic heterocycles. The van der Waals surface area contributed by atoms with Gasteiger partial charge >= 0.3 is 0 Å². The van der Waals surface area contributed by atoms with Gasteiger partial charge in [0.2, 0.25) is 5.91 Å². The van der Waals surface area contributed by atoms with Gasteiger partial charge in [-0.25, -0.2) is 0 Å². The second-order valence-corrected chi connectivity index (χ2v) is 9.00. The van der Waals surface area contributed by atoms with Crippen LogP contribution in [0.2, 0.25) is 0 Å². The molecule has 1 saturated carbocycles. The van der Waals surface area contributed by atoms with Crippen LogP contribution in [0.1, 0.15) is 43.7 Å². The summed E-state index contributed by atoms with van der Waals surface area (Å²) >= 11 is 0.942. The Morgan fingerprint density at radius 3 is 2.77 bits per heavy atom. The summed E-state index contributed by atoms with van der Waals surface area (Å²) in [6.45, 7) is 6.13. The van der Waals surface area contributed by atoms with Gasteiger partial charge in [-0.2, -0.15) is 0 Å². The summed E-state index contributed by atoms with van der Waals surface area (Å²) in [6.07, 6.45) is 10.5. The molecule has 1 aromatic heterocycles. The zero-order valence-corrected chi connectivity index (χ0v) is 18.5. The molecule has 0 atom stereocenters. The number of aryl methyl sites for hydroxylation is 1. The summed E-state index contributed by atoms with van der Waals surface area (Å²) < 4.78 is 1.97. The lowest BCUT2D eigenvalue weighted by Crippen LogP contribution is -2.35. The van der Waals surface area contributed by atoms with E-state index in [0.717, 1.165) is 53.1 Å². The Kier molecular flexibility index (Phi) is 6.32. The molecule has 0 unspecified atom stereocenters. The Labute approximate surface area is 186 Å². The number of carbonyl (C=O) groups is 3. The maximum absolute atomic E-state index is 12.7. The molecular formula is C24H27N3O3S. The van der Waals surface area contributed by atoms with Crippen molar-refractivity contribution >= 4 is 45.8 Å². The van der Waals surface area contributed by atoms with Crippen molar-refractivity contribution in [3.8, 4) is 0 Å². The van der Waals surface area contributed by atoms with Crippen molar-refractivity contribution in [3.05, 3.63) is 53.1 Å². The van der Waals surface area contributed by atoms with Crippen LogP contribution < -0.4 is 5.32 Å². The highest BCUT2D eigenvalue weighted by Crippen LogP contribution is 2.34. The Morgan fingerprint density at radius 1 is 1.29 bits per heavy atom. The first-order valence-corrected chi connectivity index (χ1v) is 11.6. The quantitative estimate of drug-likeness (QED) is 0.512. The van der Waals surface area contributed by atoms with Gasteiger partial charge in [0, 0.05) is 29.7 Å². The summed E-state index contributed by atoms with van der Waals surface area (Å²) in [5, 5.41) is 3.84. The zero-order valence-electron chi connectivity index (χ0n) is 17.7. The van der Waals surface area contributed by atoms with Crippen molar-refractivity contribution in [2.75, 3.05) is 6.54 Å². The van der Waals surface area contributed by atoms with E-state index < -0.39 is 0 Å². The first kappa shape index (κ1) is 21.4. The van der Waals surface area contributed by atoms with Crippen LogP contribution in [0.4, 0.5) is 4.79 Å². The molecule has 3 amide bonds. The molecule has 0 spiro atoms. The lowest BCUT2D eigenvalue weighted by atomic mass is 10.1. The fraction of sp³-hybridized carbons (Fsp3) is 0.375. The average Bonchev–Trinajstić information content (AvgIpc) is 3.44. The van der Waals surface area contributed by atoms with Gasteiger partial charge in [-0.15, -0.1) is 6.58 Å².